The number of thiazole rings is 1. The Hall–Kier alpha value is -1.48. The summed E-state index contributed by atoms with van der Waals surface area (Å²) in [5.74, 6) is -0.634. The van der Waals surface area contributed by atoms with Crippen LogP contribution in [0.3, 0.4) is 0 Å². The minimum Gasteiger partial charge on any atom is -0.597 e. The van der Waals surface area contributed by atoms with E-state index in [1.807, 2.05) is 0 Å². The van der Waals surface area contributed by atoms with Crippen LogP contribution in [-0.2, 0) is 16.2 Å². The van der Waals surface area contributed by atoms with Crippen LogP contribution in [-0.4, -0.2) is 37.6 Å². The maximum atomic E-state index is 13.0. The normalized spacial score (nSPS) is 16.5. The average Bonchev–Trinajstić information content (AvgIpc) is 2.94. The molecule has 0 saturated carbocycles. The molecule has 0 unspecified atom stereocenters. The molecule has 24 heavy (non-hydrogen) atoms. The van der Waals surface area contributed by atoms with E-state index >= 15 is 0 Å². The van der Waals surface area contributed by atoms with Crippen LogP contribution in [0.15, 0.2) is 29.6 Å². The first-order valence-electron chi connectivity index (χ1n) is 7.58. The lowest BCUT2D eigenvalue weighted by molar-refractivity contribution is -0.118. The maximum Gasteiger partial charge on any atom is 0.283 e. The Bertz CT molecular complexity index is 729. The lowest BCUT2D eigenvalue weighted by atomic mass is 10.2. The minimum atomic E-state index is -1.37. The number of aromatic nitrogens is 1. The summed E-state index contributed by atoms with van der Waals surface area (Å²) in [6, 6.07) is 6.01. The van der Waals surface area contributed by atoms with Gasteiger partial charge in [0, 0.05) is 24.0 Å². The second-order valence-electron chi connectivity index (χ2n) is 6.04. The number of halogens is 1. The summed E-state index contributed by atoms with van der Waals surface area (Å²) in [6.07, 6.45) is 1.01. The topological polar surface area (TPSA) is 68.3 Å². The molecular formula is C16H18FN3O2S2. The van der Waals surface area contributed by atoms with E-state index in [-0.39, 0.29) is 11.7 Å². The quantitative estimate of drug-likeness (QED) is 0.825. The summed E-state index contributed by atoms with van der Waals surface area (Å²) in [4.78, 5) is 16.9. The molecule has 1 aliphatic rings. The Kier molecular flexibility index (Phi) is 4.91. The molecule has 1 fully saturated rings. The van der Waals surface area contributed by atoms with Crippen molar-refractivity contribution < 1.29 is 13.7 Å². The van der Waals surface area contributed by atoms with Crippen LogP contribution in [0.25, 0.3) is 11.3 Å². The van der Waals surface area contributed by atoms with Crippen LogP contribution in [0.5, 0.6) is 0 Å². The molecule has 0 bridgehead atoms. The number of benzene rings is 1. The fraction of sp³-hybridized carbons (Fsp3) is 0.375. The minimum absolute atomic E-state index is 0.308. The van der Waals surface area contributed by atoms with E-state index in [2.05, 4.69) is 10.3 Å². The first-order chi connectivity index (χ1) is 11.4. The Balaban J connectivity index is 1.69. The number of anilines is 1. The van der Waals surface area contributed by atoms with Crippen LogP contribution >= 0.6 is 11.3 Å². The molecule has 0 aliphatic carbocycles. The molecule has 1 N–H and O–H groups in total. The molecule has 128 valence electrons. The highest BCUT2D eigenvalue weighted by Crippen LogP contribution is 2.29. The number of carbonyl (C=O) groups is 1. The first kappa shape index (κ1) is 17.3. The summed E-state index contributed by atoms with van der Waals surface area (Å²) >= 11 is -0.0839. The van der Waals surface area contributed by atoms with Gasteiger partial charge in [-0.15, -0.1) is 15.6 Å². The molecule has 2 heterocycles. The predicted molar refractivity (Wildman–Crippen MR) is 94.5 cm³/mol. The zero-order valence-corrected chi connectivity index (χ0v) is 15.0. The molecule has 0 spiro atoms. The van der Waals surface area contributed by atoms with Gasteiger partial charge in [0.2, 0.25) is 4.75 Å². The van der Waals surface area contributed by atoms with Crippen molar-refractivity contribution >= 4 is 33.7 Å². The van der Waals surface area contributed by atoms with Gasteiger partial charge in [0.1, 0.15) is 5.82 Å². The van der Waals surface area contributed by atoms with E-state index in [9.17, 15) is 13.7 Å². The first-order valence-corrected chi connectivity index (χ1v) is 9.56. The zero-order chi connectivity index (χ0) is 17.3. The van der Waals surface area contributed by atoms with Crippen molar-refractivity contribution in [3.63, 3.8) is 0 Å². The third-order valence-corrected chi connectivity index (χ3v) is 6.55. The van der Waals surface area contributed by atoms with E-state index in [0.717, 1.165) is 25.1 Å². The summed E-state index contributed by atoms with van der Waals surface area (Å²) in [7, 11) is 0. The van der Waals surface area contributed by atoms with Crippen molar-refractivity contribution in [1.29, 1.82) is 0 Å². The van der Waals surface area contributed by atoms with Crippen molar-refractivity contribution in [1.82, 2.24) is 9.29 Å². The molecule has 1 aromatic carbocycles. The molecule has 1 atom stereocenters. The van der Waals surface area contributed by atoms with Gasteiger partial charge in [-0.25, -0.2) is 9.37 Å². The number of rotatable bonds is 5. The third kappa shape index (κ3) is 3.46. The SMILES string of the molecule is CC(C)(C(=O)Nc1nc(-c2ccc(F)cc2)cs1)[S@+]([O-])N1CCC1. The summed E-state index contributed by atoms with van der Waals surface area (Å²) < 4.78 is 26.2. The molecular weight excluding hydrogens is 349 g/mol. The van der Waals surface area contributed by atoms with E-state index in [1.165, 1.54) is 23.5 Å². The van der Waals surface area contributed by atoms with Crippen molar-refractivity contribution in [3.8, 4) is 11.3 Å². The van der Waals surface area contributed by atoms with Crippen molar-refractivity contribution in [3.05, 3.63) is 35.5 Å². The van der Waals surface area contributed by atoms with Crippen molar-refractivity contribution in [2.75, 3.05) is 18.4 Å². The maximum absolute atomic E-state index is 13.0. The molecule has 2 aromatic rings. The van der Waals surface area contributed by atoms with Crippen molar-refractivity contribution in [2.45, 2.75) is 25.0 Å². The summed E-state index contributed by atoms with van der Waals surface area (Å²) in [5.41, 5.74) is 1.44. The van der Waals surface area contributed by atoms with Gasteiger partial charge in [0.15, 0.2) is 5.13 Å². The molecule has 5 nitrogen and oxygen atoms in total. The molecule has 3 rings (SSSR count). The van der Waals surface area contributed by atoms with Gasteiger partial charge in [-0.3, -0.25) is 10.1 Å². The molecule has 1 amide bonds. The average molecular weight is 367 g/mol. The molecule has 1 aliphatic heterocycles. The number of hydrogen-bond donors (Lipinski definition) is 1. The Morgan fingerprint density at radius 1 is 1.38 bits per heavy atom. The molecule has 1 saturated heterocycles. The molecule has 1 aromatic heterocycles. The van der Waals surface area contributed by atoms with Gasteiger partial charge in [-0.2, -0.15) is 0 Å². The lowest BCUT2D eigenvalue weighted by Gasteiger charge is -2.37. The standard InChI is InChI=1S/C16H18FN3O2S2/c1-16(2,24(22)20-8-3-9-20)14(21)19-15-18-13(10-23-15)11-4-6-12(17)7-5-11/h4-7,10H,3,8-9H2,1-2H3,(H,18,19,21)/t24-/m0/s1. The second kappa shape index (κ2) is 6.79. The summed E-state index contributed by atoms with van der Waals surface area (Å²) in [5, 5.41) is 4.97. The monoisotopic (exact) mass is 367 g/mol. The van der Waals surface area contributed by atoms with Gasteiger partial charge in [0.05, 0.1) is 17.1 Å². The second-order valence-corrected chi connectivity index (χ2v) is 8.93. The van der Waals surface area contributed by atoms with Crippen LogP contribution in [0, 0.1) is 5.82 Å². The number of amides is 1. The number of nitrogens with zero attached hydrogens (tertiary/aromatic N) is 2. The van der Waals surface area contributed by atoms with Crippen LogP contribution < -0.4 is 5.32 Å². The van der Waals surface area contributed by atoms with Gasteiger partial charge in [0.25, 0.3) is 5.91 Å². The fourth-order valence-corrected chi connectivity index (χ4v) is 4.35. The predicted octanol–water partition coefficient (Wildman–Crippen LogP) is 3.04. The Morgan fingerprint density at radius 2 is 2.04 bits per heavy atom. The van der Waals surface area contributed by atoms with E-state index in [0.29, 0.717) is 10.8 Å². The highest BCUT2D eigenvalue weighted by Gasteiger charge is 2.46. The van der Waals surface area contributed by atoms with Crippen molar-refractivity contribution in [2.24, 2.45) is 0 Å². The van der Waals surface area contributed by atoms with Crippen LogP contribution in [0.1, 0.15) is 20.3 Å². The fourth-order valence-electron chi connectivity index (χ4n) is 2.19. The smallest absolute Gasteiger partial charge is 0.283 e. The Morgan fingerprint density at radius 3 is 2.62 bits per heavy atom. The van der Waals surface area contributed by atoms with E-state index < -0.39 is 16.1 Å². The largest absolute Gasteiger partial charge is 0.597 e. The van der Waals surface area contributed by atoms with Gasteiger partial charge < -0.3 is 4.55 Å². The van der Waals surface area contributed by atoms with E-state index in [4.69, 9.17) is 0 Å². The van der Waals surface area contributed by atoms with Gasteiger partial charge >= 0.3 is 0 Å². The number of nitrogens with one attached hydrogen (secondary N) is 1. The van der Waals surface area contributed by atoms with Gasteiger partial charge in [-0.1, -0.05) is 0 Å². The zero-order valence-electron chi connectivity index (χ0n) is 13.4. The molecule has 8 heteroatoms. The number of carbonyl (C=O) groups excluding carboxylic acids is 1. The molecule has 0 radical (unpaired) electrons. The number of hydrogen-bond acceptors (Lipinski definition) is 5. The highest BCUT2D eigenvalue weighted by atomic mass is 32.2. The Labute approximate surface area is 147 Å². The van der Waals surface area contributed by atoms with Crippen LogP contribution in [0.2, 0.25) is 0 Å². The lowest BCUT2D eigenvalue weighted by Crippen LogP contribution is -2.55. The van der Waals surface area contributed by atoms with Crippen LogP contribution in [0.4, 0.5) is 9.52 Å². The van der Waals surface area contributed by atoms with E-state index in [1.54, 1.807) is 35.7 Å². The third-order valence-electron chi connectivity index (χ3n) is 3.90. The highest BCUT2D eigenvalue weighted by molar-refractivity contribution is 7.91. The summed E-state index contributed by atoms with van der Waals surface area (Å²) in [6.45, 7) is 4.86. The van der Waals surface area contributed by atoms with Gasteiger partial charge in [-0.05, 0) is 44.5 Å².